The zero-order chi connectivity index (χ0) is 7.52. The topological polar surface area (TPSA) is 9.23 Å². The van der Waals surface area contributed by atoms with Crippen molar-refractivity contribution in [2.75, 3.05) is 6.61 Å². The zero-order valence-electron chi connectivity index (χ0n) is 6.55. The van der Waals surface area contributed by atoms with Gasteiger partial charge in [0.05, 0.1) is 6.10 Å². The van der Waals surface area contributed by atoms with Crippen LogP contribution in [0.3, 0.4) is 0 Å². The second kappa shape index (κ2) is 3.08. The zero-order valence-corrected chi connectivity index (χ0v) is 6.55. The van der Waals surface area contributed by atoms with Crippen molar-refractivity contribution in [2.45, 2.75) is 25.4 Å². The summed E-state index contributed by atoms with van der Waals surface area (Å²) in [7, 11) is 0. The molecular formula is C10H12O. The Morgan fingerprint density at radius 2 is 2.64 bits per heavy atom. The Kier molecular flexibility index (Phi) is 1.93. The lowest BCUT2D eigenvalue weighted by Crippen LogP contribution is -2.04. The Bertz CT molecular complexity index is 225. The fourth-order valence-corrected chi connectivity index (χ4v) is 1.55. The molecule has 0 saturated carbocycles. The second-order valence-corrected chi connectivity index (χ2v) is 3.03. The standard InChI is InChI=1S/C10H12O/c1-2-5-9(4-1)8-10-6-3-7-11-10/h1-2,4,10H,3,6-8H2. The maximum atomic E-state index is 5.51. The first-order valence-electron chi connectivity index (χ1n) is 4.19. The highest BCUT2D eigenvalue weighted by atomic mass is 16.5. The van der Waals surface area contributed by atoms with Crippen molar-refractivity contribution < 1.29 is 4.74 Å². The van der Waals surface area contributed by atoms with E-state index >= 15 is 0 Å². The summed E-state index contributed by atoms with van der Waals surface area (Å²) in [6.07, 6.45) is 10.1. The maximum Gasteiger partial charge on any atom is 0.0622 e. The van der Waals surface area contributed by atoms with Gasteiger partial charge in [0.1, 0.15) is 0 Å². The maximum absolute atomic E-state index is 5.51. The van der Waals surface area contributed by atoms with Crippen molar-refractivity contribution in [2.24, 2.45) is 0 Å². The molecule has 0 bridgehead atoms. The SMILES string of the molecule is C1=CC=CC=1CC1CCCO1. The van der Waals surface area contributed by atoms with Gasteiger partial charge < -0.3 is 4.74 Å². The minimum absolute atomic E-state index is 0.466. The fourth-order valence-electron chi connectivity index (χ4n) is 1.55. The molecule has 1 unspecified atom stereocenters. The van der Waals surface area contributed by atoms with Crippen molar-refractivity contribution in [3.8, 4) is 0 Å². The second-order valence-electron chi connectivity index (χ2n) is 3.03. The Hall–Kier alpha value is -0.780. The van der Waals surface area contributed by atoms with Crippen LogP contribution in [-0.2, 0) is 4.74 Å². The lowest BCUT2D eigenvalue weighted by molar-refractivity contribution is 0.112. The molecule has 1 atom stereocenters. The van der Waals surface area contributed by atoms with Crippen molar-refractivity contribution in [3.05, 3.63) is 29.5 Å². The predicted octanol–water partition coefficient (Wildman–Crippen LogP) is 2.21. The molecule has 1 fully saturated rings. The van der Waals surface area contributed by atoms with Crippen LogP contribution in [-0.4, -0.2) is 12.7 Å². The van der Waals surface area contributed by atoms with Crippen LogP contribution in [0.2, 0.25) is 0 Å². The monoisotopic (exact) mass is 148 g/mol. The van der Waals surface area contributed by atoms with Crippen LogP contribution in [0.15, 0.2) is 29.5 Å². The summed E-state index contributed by atoms with van der Waals surface area (Å²) in [6, 6.07) is 0. The third-order valence-corrected chi connectivity index (χ3v) is 2.13. The van der Waals surface area contributed by atoms with Gasteiger partial charge in [-0.05, 0) is 24.5 Å². The van der Waals surface area contributed by atoms with E-state index in [-0.39, 0.29) is 0 Å². The van der Waals surface area contributed by atoms with Crippen molar-refractivity contribution in [1.29, 1.82) is 0 Å². The summed E-state index contributed by atoms with van der Waals surface area (Å²) in [5.74, 6) is 0. The molecule has 11 heavy (non-hydrogen) atoms. The van der Waals surface area contributed by atoms with Crippen molar-refractivity contribution in [1.82, 2.24) is 0 Å². The number of rotatable bonds is 2. The summed E-state index contributed by atoms with van der Waals surface area (Å²) in [5, 5.41) is 0. The molecule has 0 aromatic rings. The van der Waals surface area contributed by atoms with Gasteiger partial charge in [0, 0.05) is 13.0 Å². The van der Waals surface area contributed by atoms with Gasteiger partial charge in [0.25, 0.3) is 0 Å². The Morgan fingerprint density at radius 1 is 1.64 bits per heavy atom. The summed E-state index contributed by atoms with van der Waals surface area (Å²) >= 11 is 0. The largest absolute Gasteiger partial charge is 0.378 e. The first-order valence-corrected chi connectivity index (χ1v) is 4.19. The molecule has 0 aromatic carbocycles. The van der Waals surface area contributed by atoms with Gasteiger partial charge in [0.2, 0.25) is 0 Å². The number of hydrogen-bond donors (Lipinski definition) is 0. The first kappa shape index (κ1) is 6.90. The normalized spacial score (nSPS) is 28.0. The molecule has 1 heteroatoms. The lowest BCUT2D eigenvalue weighted by Gasteiger charge is -2.06. The number of ether oxygens (including phenoxy) is 1. The van der Waals surface area contributed by atoms with Gasteiger partial charge >= 0.3 is 0 Å². The summed E-state index contributed by atoms with van der Waals surface area (Å²) in [6.45, 7) is 0.950. The van der Waals surface area contributed by atoms with E-state index in [4.69, 9.17) is 4.74 Å². The smallest absolute Gasteiger partial charge is 0.0622 e. The van der Waals surface area contributed by atoms with Crippen LogP contribution >= 0.6 is 0 Å². The molecule has 0 aromatic heterocycles. The highest BCUT2D eigenvalue weighted by molar-refractivity contribution is 5.29. The molecule has 1 saturated heterocycles. The van der Waals surface area contributed by atoms with E-state index < -0.39 is 0 Å². The van der Waals surface area contributed by atoms with E-state index in [9.17, 15) is 0 Å². The summed E-state index contributed by atoms with van der Waals surface area (Å²) < 4.78 is 5.51. The van der Waals surface area contributed by atoms with Gasteiger partial charge in [-0.3, -0.25) is 0 Å². The third-order valence-electron chi connectivity index (χ3n) is 2.13. The molecular weight excluding hydrogens is 136 g/mol. The Balaban J connectivity index is 1.89. The van der Waals surface area contributed by atoms with E-state index in [1.807, 2.05) is 12.2 Å². The molecule has 1 aliphatic carbocycles. The third kappa shape index (κ3) is 1.62. The van der Waals surface area contributed by atoms with Crippen LogP contribution in [0.25, 0.3) is 0 Å². The molecule has 1 nitrogen and oxygen atoms in total. The molecule has 1 aliphatic heterocycles. The average molecular weight is 148 g/mol. The summed E-state index contributed by atoms with van der Waals surface area (Å²) in [4.78, 5) is 0. The first-order chi connectivity index (χ1) is 5.45. The Morgan fingerprint density at radius 3 is 3.27 bits per heavy atom. The molecule has 1 heterocycles. The quantitative estimate of drug-likeness (QED) is 0.545. The van der Waals surface area contributed by atoms with E-state index in [2.05, 4.69) is 11.8 Å². The number of hydrogen-bond acceptors (Lipinski definition) is 1. The van der Waals surface area contributed by atoms with Crippen molar-refractivity contribution >= 4 is 0 Å². The molecule has 0 spiro atoms. The molecule has 0 radical (unpaired) electrons. The van der Waals surface area contributed by atoms with E-state index in [0.717, 1.165) is 13.0 Å². The number of allylic oxidation sites excluding steroid dienone is 2. The van der Waals surface area contributed by atoms with Gasteiger partial charge in [-0.2, -0.15) is 0 Å². The predicted molar refractivity (Wildman–Crippen MR) is 44.3 cm³/mol. The lowest BCUT2D eigenvalue weighted by atomic mass is 10.1. The molecule has 2 aliphatic rings. The van der Waals surface area contributed by atoms with Gasteiger partial charge in [-0.15, -0.1) is 5.73 Å². The molecule has 58 valence electrons. The van der Waals surface area contributed by atoms with Crippen LogP contribution < -0.4 is 0 Å². The van der Waals surface area contributed by atoms with Gasteiger partial charge in [-0.25, -0.2) is 0 Å². The van der Waals surface area contributed by atoms with E-state index in [0.29, 0.717) is 6.10 Å². The summed E-state index contributed by atoms with van der Waals surface area (Å²) in [5.41, 5.74) is 4.47. The minimum Gasteiger partial charge on any atom is -0.378 e. The van der Waals surface area contributed by atoms with Crippen LogP contribution in [0, 0.1) is 0 Å². The average Bonchev–Trinajstić information content (AvgIpc) is 2.60. The molecule has 0 amide bonds. The Labute approximate surface area is 67.1 Å². The highest BCUT2D eigenvalue weighted by Crippen LogP contribution is 2.20. The van der Waals surface area contributed by atoms with Crippen LogP contribution in [0.1, 0.15) is 19.3 Å². The highest BCUT2D eigenvalue weighted by Gasteiger charge is 2.16. The van der Waals surface area contributed by atoms with Gasteiger partial charge in [0.15, 0.2) is 0 Å². The fraction of sp³-hybridized carbons (Fsp3) is 0.500. The van der Waals surface area contributed by atoms with Gasteiger partial charge in [-0.1, -0.05) is 12.2 Å². The molecule has 2 rings (SSSR count). The minimum atomic E-state index is 0.466. The molecule has 0 N–H and O–H groups in total. The van der Waals surface area contributed by atoms with Crippen LogP contribution in [0.5, 0.6) is 0 Å². The van der Waals surface area contributed by atoms with E-state index in [1.165, 1.54) is 18.4 Å². The van der Waals surface area contributed by atoms with E-state index in [1.54, 1.807) is 0 Å². The van der Waals surface area contributed by atoms with Crippen molar-refractivity contribution in [3.63, 3.8) is 0 Å². The van der Waals surface area contributed by atoms with Crippen LogP contribution in [0.4, 0.5) is 0 Å².